The van der Waals surface area contributed by atoms with E-state index in [1.807, 2.05) is 0 Å². The van der Waals surface area contributed by atoms with Gasteiger partial charge in [-0.25, -0.2) is 8.78 Å². The van der Waals surface area contributed by atoms with Crippen molar-refractivity contribution >= 4 is 5.91 Å². The molecule has 1 aromatic heterocycles. The van der Waals surface area contributed by atoms with Gasteiger partial charge in [-0.1, -0.05) is 6.07 Å². The molecule has 1 aromatic carbocycles. The number of benzene rings is 1. The Labute approximate surface area is 114 Å². The Kier molecular flexibility index (Phi) is 4.60. The van der Waals surface area contributed by atoms with E-state index in [9.17, 15) is 13.6 Å². The number of halogens is 2. The molecule has 1 N–H and O–H groups in total. The predicted molar refractivity (Wildman–Crippen MR) is 67.9 cm³/mol. The average Bonchev–Trinajstić information content (AvgIpc) is 2.43. The molecule has 0 aliphatic heterocycles. The highest BCUT2D eigenvalue weighted by molar-refractivity contribution is 5.77. The van der Waals surface area contributed by atoms with Crippen LogP contribution < -0.4 is 10.1 Å². The molecule has 104 valence electrons. The minimum atomic E-state index is -0.756. The highest BCUT2D eigenvalue weighted by Gasteiger charge is 2.05. The molecule has 0 saturated carbocycles. The van der Waals surface area contributed by atoms with Crippen molar-refractivity contribution < 1.29 is 18.3 Å². The van der Waals surface area contributed by atoms with Gasteiger partial charge in [0.25, 0.3) is 5.91 Å². The second kappa shape index (κ2) is 6.60. The lowest BCUT2D eigenvalue weighted by Crippen LogP contribution is -2.28. The third-order valence-corrected chi connectivity index (χ3v) is 2.40. The van der Waals surface area contributed by atoms with Gasteiger partial charge in [-0.15, -0.1) is 0 Å². The Balaban J connectivity index is 1.80. The maximum absolute atomic E-state index is 12.9. The van der Waals surface area contributed by atoms with E-state index < -0.39 is 17.5 Å². The zero-order valence-electron chi connectivity index (χ0n) is 10.5. The summed E-state index contributed by atoms with van der Waals surface area (Å²) in [6.45, 7) is -0.0593. The summed E-state index contributed by atoms with van der Waals surface area (Å²) in [5.41, 5.74) is 0.706. The van der Waals surface area contributed by atoms with Gasteiger partial charge in [0.05, 0.1) is 12.2 Å². The summed E-state index contributed by atoms with van der Waals surface area (Å²) < 4.78 is 30.8. The van der Waals surface area contributed by atoms with Crippen LogP contribution in [-0.2, 0) is 11.3 Å². The van der Waals surface area contributed by atoms with Crippen molar-refractivity contribution in [3.8, 4) is 5.75 Å². The van der Waals surface area contributed by atoms with E-state index in [4.69, 9.17) is 4.74 Å². The van der Waals surface area contributed by atoms with Crippen molar-refractivity contribution in [1.82, 2.24) is 10.3 Å². The number of nitrogens with zero attached hydrogens (tertiary/aromatic N) is 1. The lowest BCUT2D eigenvalue weighted by Gasteiger charge is -2.07. The van der Waals surface area contributed by atoms with Crippen LogP contribution in [-0.4, -0.2) is 17.5 Å². The van der Waals surface area contributed by atoms with Crippen molar-refractivity contribution in [2.24, 2.45) is 0 Å². The number of rotatable bonds is 5. The summed E-state index contributed by atoms with van der Waals surface area (Å²) in [5.74, 6) is -1.95. The number of aromatic nitrogens is 1. The summed E-state index contributed by atoms with van der Waals surface area (Å²) >= 11 is 0. The molecule has 0 saturated heterocycles. The molecule has 0 bridgehead atoms. The van der Waals surface area contributed by atoms with E-state index in [-0.39, 0.29) is 18.9 Å². The lowest BCUT2D eigenvalue weighted by molar-refractivity contribution is -0.123. The van der Waals surface area contributed by atoms with Crippen molar-refractivity contribution in [3.63, 3.8) is 0 Å². The molecule has 0 aliphatic rings. The fourth-order valence-corrected chi connectivity index (χ4v) is 1.50. The monoisotopic (exact) mass is 278 g/mol. The van der Waals surface area contributed by atoms with E-state index in [1.54, 1.807) is 24.4 Å². The number of hydrogen-bond acceptors (Lipinski definition) is 3. The molecule has 1 amide bonds. The maximum Gasteiger partial charge on any atom is 0.258 e. The van der Waals surface area contributed by atoms with E-state index >= 15 is 0 Å². The van der Waals surface area contributed by atoms with Crippen molar-refractivity contribution in [2.75, 3.05) is 6.61 Å². The van der Waals surface area contributed by atoms with E-state index in [1.165, 1.54) is 0 Å². The molecular formula is C14H12F2N2O2. The molecule has 0 atom stereocenters. The standard InChI is InChI=1S/C14H12F2N2O2/c15-10-5-11(16)7-13(6-10)20-9-14(19)18-8-12-3-1-2-4-17-12/h1-7H,8-9H2,(H,18,19). The van der Waals surface area contributed by atoms with Crippen LogP contribution in [0.15, 0.2) is 42.6 Å². The van der Waals surface area contributed by atoms with Gasteiger partial charge in [0.1, 0.15) is 17.4 Å². The van der Waals surface area contributed by atoms with Gasteiger partial charge >= 0.3 is 0 Å². The van der Waals surface area contributed by atoms with Crippen LogP contribution in [0.2, 0.25) is 0 Å². The first-order valence-electron chi connectivity index (χ1n) is 5.89. The van der Waals surface area contributed by atoms with Gasteiger partial charge in [0, 0.05) is 24.4 Å². The van der Waals surface area contributed by atoms with E-state index in [2.05, 4.69) is 10.3 Å². The molecular weight excluding hydrogens is 266 g/mol. The van der Waals surface area contributed by atoms with Crippen LogP contribution in [0.25, 0.3) is 0 Å². The highest BCUT2D eigenvalue weighted by Crippen LogP contribution is 2.14. The Morgan fingerprint density at radius 1 is 1.20 bits per heavy atom. The molecule has 6 heteroatoms. The predicted octanol–water partition coefficient (Wildman–Crippen LogP) is 2.05. The number of ether oxygens (including phenoxy) is 1. The zero-order chi connectivity index (χ0) is 14.4. The number of pyridine rings is 1. The Bertz CT molecular complexity index is 571. The summed E-state index contributed by atoms with van der Waals surface area (Å²) in [7, 11) is 0. The average molecular weight is 278 g/mol. The van der Waals surface area contributed by atoms with Crippen LogP contribution in [0, 0.1) is 11.6 Å². The first-order chi connectivity index (χ1) is 9.63. The smallest absolute Gasteiger partial charge is 0.258 e. The second-order valence-electron chi connectivity index (χ2n) is 3.99. The molecule has 4 nitrogen and oxygen atoms in total. The fourth-order valence-electron chi connectivity index (χ4n) is 1.50. The summed E-state index contributed by atoms with van der Waals surface area (Å²) in [6, 6.07) is 8.09. The third-order valence-electron chi connectivity index (χ3n) is 2.40. The first-order valence-corrected chi connectivity index (χ1v) is 5.89. The van der Waals surface area contributed by atoms with Gasteiger partial charge in [0.2, 0.25) is 0 Å². The second-order valence-corrected chi connectivity index (χ2v) is 3.99. The molecule has 0 unspecified atom stereocenters. The number of carbonyl (C=O) groups is 1. The number of nitrogens with one attached hydrogen (secondary N) is 1. The Hall–Kier alpha value is -2.50. The molecule has 2 aromatic rings. The molecule has 20 heavy (non-hydrogen) atoms. The molecule has 1 heterocycles. The van der Waals surface area contributed by atoms with Crippen LogP contribution in [0.4, 0.5) is 8.78 Å². The normalized spacial score (nSPS) is 10.1. The van der Waals surface area contributed by atoms with Gasteiger partial charge in [-0.3, -0.25) is 9.78 Å². The highest BCUT2D eigenvalue weighted by atomic mass is 19.1. The minimum Gasteiger partial charge on any atom is -0.484 e. The zero-order valence-corrected chi connectivity index (χ0v) is 10.5. The van der Waals surface area contributed by atoms with Crippen LogP contribution in [0.5, 0.6) is 5.75 Å². The molecule has 2 rings (SSSR count). The van der Waals surface area contributed by atoms with Crippen LogP contribution in [0.3, 0.4) is 0 Å². The first kappa shape index (κ1) is 13.9. The van der Waals surface area contributed by atoms with E-state index in [0.29, 0.717) is 5.69 Å². The van der Waals surface area contributed by atoms with Gasteiger partial charge < -0.3 is 10.1 Å². The number of amides is 1. The molecule has 0 aliphatic carbocycles. The van der Waals surface area contributed by atoms with Gasteiger partial charge in [-0.2, -0.15) is 0 Å². The topological polar surface area (TPSA) is 51.2 Å². The number of carbonyl (C=O) groups excluding carboxylic acids is 1. The Morgan fingerprint density at radius 2 is 1.95 bits per heavy atom. The quantitative estimate of drug-likeness (QED) is 0.910. The largest absolute Gasteiger partial charge is 0.484 e. The van der Waals surface area contributed by atoms with Crippen LogP contribution >= 0.6 is 0 Å². The maximum atomic E-state index is 12.9. The molecule has 0 fully saturated rings. The summed E-state index contributed by atoms with van der Waals surface area (Å²) in [4.78, 5) is 15.5. The summed E-state index contributed by atoms with van der Waals surface area (Å²) in [6.07, 6.45) is 1.62. The minimum absolute atomic E-state index is 0.0320. The molecule has 0 radical (unpaired) electrons. The van der Waals surface area contributed by atoms with Gasteiger partial charge in [0.15, 0.2) is 6.61 Å². The number of hydrogen-bond donors (Lipinski definition) is 1. The lowest BCUT2D eigenvalue weighted by atomic mass is 10.3. The van der Waals surface area contributed by atoms with Crippen molar-refractivity contribution in [3.05, 3.63) is 59.9 Å². The molecule has 0 spiro atoms. The fraction of sp³-hybridized carbons (Fsp3) is 0.143. The van der Waals surface area contributed by atoms with Gasteiger partial charge in [-0.05, 0) is 12.1 Å². The SMILES string of the molecule is O=C(COc1cc(F)cc(F)c1)NCc1ccccn1. The van der Waals surface area contributed by atoms with Crippen molar-refractivity contribution in [1.29, 1.82) is 0 Å². The van der Waals surface area contributed by atoms with Crippen molar-refractivity contribution in [2.45, 2.75) is 6.54 Å². The third kappa shape index (κ3) is 4.31. The van der Waals surface area contributed by atoms with Crippen LogP contribution in [0.1, 0.15) is 5.69 Å². The summed E-state index contributed by atoms with van der Waals surface area (Å²) in [5, 5.41) is 2.58. The Morgan fingerprint density at radius 3 is 2.60 bits per heavy atom. The van der Waals surface area contributed by atoms with E-state index in [0.717, 1.165) is 18.2 Å².